The molecule has 0 aliphatic carbocycles. The van der Waals surface area contributed by atoms with Crippen LogP contribution in [0.15, 0.2) is 12.7 Å². The van der Waals surface area contributed by atoms with Gasteiger partial charge in [-0.3, -0.25) is 4.79 Å². The number of carbonyl (C=O) groups is 1. The van der Waals surface area contributed by atoms with Crippen LogP contribution in [0.1, 0.15) is 13.3 Å². The molecule has 0 spiro atoms. The third-order valence-corrected chi connectivity index (χ3v) is 1.10. The van der Waals surface area contributed by atoms with Crippen molar-refractivity contribution in [2.75, 3.05) is 27.7 Å². The van der Waals surface area contributed by atoms with Crippen molar-refractivity contribution < 1.29 is 33.3 Å². The Morgan fingerprint density at radius 2 is 1.77 bits per heavy atom. The third kappa shape index (κ3) is 33.5. The summed E-state index contributed by atoms with van der Waals surface area (Å²) in [5.41, 5.74) is 4.53. The minimum atomic E-state index is -0.481. The molecule has 4 heteroatoms. The van der Waals surface area contributed by atoms with Crippen LogP contribution < -0.4 is 29.7 Å². The van der Waals surface area contributed by atoms with Gasteiger partial charge < -0.3 is 34.2 Å². The van der Waals surface area contributed by atoms with E-state index in [-0.39, 0.29) is 24.0 Å². The van der Waals surface area contributed by atoms with Gasteiger partial charge in [-0.05, 0) is 12.5 Å². The van der Waals surface area contributed by atoms with Crippen molar-refractivity contribution in [1.29, 1.82) is 0 Å². The normalized spacial score (nSPS) is 8.92. The third-order valence-electron chi connectivity index (χ3n) is 1.10. The number of halogens is 1. The Morgan fingerprint density at radius 1 is 1.46 bits per heavy atom. The van der Waals surface area contributed by atoms with Crippen molar-refractivity contribution in [2.24, 2.45) is 5.73 Å². The Bertz CT molecular complexity index is 141. The first kappa shape index (κ1) is 18.6. The number of primary amides is 1. The minimum absolute atomic E-state index is 0. The van der Waals surface area contributed by atoms with E-state index in [1.54, 1.807) is 0 Å². The lowest BCUT2D eigenvalue weighted by atomic mass is 10.4. The smallest absolute Gasteiger partial charge is 0.240 e. The van der Waals surface area contributed by atoms with Gasteiger partial charge in [0.1, 0.15) is 0 Å². The van der Waals surface area contributed by atoms with Crippen LogP contribution in [-0.4, -0.2) is 38.1 Å². The van der Waals surface area contributed by atoms with E-state index in [1.165, 1.54) is 13.0 Å². The fourth-order valence-electron chi connectivity index (χ4n) is 0.671. The summed E-state index contributed by atoms with van der Waals surface area (Å²) in [6.45, 7) is 6.58. The number of hydrogen-bond acceptors (Lipinski definition) is 1. The summed E-state index contributed by atoms with van der Waals surface area (Å²) in [5.74, 6) is -0.481. The van der Waals surface area contributed by atoms with E-state index in [2.05, 4.69) is 40.4 Å². The standard InChI is InChI=1S/C6H16N.C3H5NO.HI/c1-5-6-7(2,3)4;1-2-3(4)5;/h5-6H2,1-4H3;2H,1H2,(H2,4,5);1H/q+1;;/p-1. The molecular weight excluding hydrogens is 279 g/mol. The molecule has 2 N–H and O–H groups in total. The summed E-state index contributed by atoms with van der Waals surface area (Å²) in [6, 6.07) is 0. The zero-order chi connectivity index (χ0) is 10.2. The van der Waals surface area contributed by atoms with Crippen LogP contribution in [0.4, 0.5) is 0 Å². The number of quaternary nitrogens is 1. The maximum Gasteiger partial charge on any atom is 0.240 e. The predicted octanol–water partition coefficient (Wildman–Crippen LogP) is -2.24. The van der Waals surface area contributed by atoms with Crippen LogP contribution in [-0.2, 0) is 4.79 Å². The summed E-state index contributed by atoms with van der Waals surface area (Å²) in [7, 11) is 6.64. The molecule has 0 aromatic rings. The van der Waals surface area contributed by atoms with Gasteiger partial charge in [0.25, 0.3) is 0 Å². The summed E-state index contributed by atoms with van der Waals surface area (Å²) in [5, 5.41) is 0. The van der Waals surface area contributed by atoms with Crippen molar-refractivity contribution >= 4 is 5.91 Å². The summed E-state index contributed by atoms with van der Waals surface area (Å²) < 4.78 is 1.09. The lowest BCUT2D eigenvalue weighted by Crippen LogP contribution is -3.00. The number of nitrogens with zero attached hydrogens (tertiary/aromatic N) is 1. The fourth-order valence-corrected chi connectivity index (χ4v) is 0.671. The molecule has 0 aliphatic rings. The molecule has 80 valence electrons. The van der Waals surface area contributed by atoms with E-state index in [0.717, 1.165) is 10.6 Å². The molecule has 0 saturated heterocycles. The van der Waals surface area contributed by atoms with Crippen molar-refractivity contribution in [3.8, 4) is 0 Å². The molecule has 3 nitrogen and oxygen atoms in total. The summed E-state index contributed by atoms with van der Waals surface area (Å²) in [6.07, 6.45) is 2.34. The zero-order valence-electron chi connectivity index (χ0n) is 9.01. The van der Waals surface area contributed by atoms with Crippen LogP contribution in [0, 0.1) is 0 Å². The maximum absolute atomic E-state index is 9.47. The Balaban J connectivity index is -0.000000150. The predicted molar refractivity (Wildman–Crippen MR) is 52.6 cm³/mol. The van der Waals surface area contributed by atoms with Crippen LogP contribution in [0.3, 0.4) is 0 Å². The first-order chi connectivity index (χ1) is 5.33. The van der Waals surface area contributed by atoms with Crippen LogP contribution in [0.2, 0.25) is 0 Å². The summed E-state index contributed by atoms with van der Waals surface area (Å²) in [4.78, 5) is 9.47. The largest absolute Gasteiger partial charge is 1.00 e. The van der Waals surface area contributed by atoms with Crippen LogP contribution >= 0.6 is 0 Å². The second kappa shape index (κ2) is 9.98. The molecular formula is C9H21IN2O. The highest BCUT2D eigenvalue weighted by atomic mass is 127. The number of carbonyl (C=O) groups excluding carboxylic acids is 1. The topological polar surface area (TPSA) is 43.1 Å². The molecule has 0 aliphatic heterocycles. The SMILES string of the molecule is C=CC(N)=O.CCC[N+](C)(C)C.[I-]. The van der Waals surface area contributed by atoms with Crippen LogP contribution in [0.5, 0.6) is 0 Å². The Morgan fingerprint density at radius 3 is 1.77 bits per heavy atom. The van der Waals surface area contributed by atoms with Gasteiger partial charge in [-0.15, -0.1) is 0 Å². The first-order valence-electron chi connectivity index (χ1n) is 4.05. The molecule has 0 saturated carbocycles. The Labute approximate surface area is 98.6 Å². The highest BCUT2D eigenvalue weighted by molar-refractivity contribution is 5.84. The molecule has 0 atom stereocenters. The molecule has 0 fully saturated rings. The van der Waals surface area contributed by atoms with Crippen LogP contribution in [0.25, 0.3) is 0 Å². The molecule has 0 rings (SSSR count). The van der Waals surface area contributed by atoms with Gasteiger partial charge in [0.15, 0.2) is 0 Å². The molecule has 0 heterocycles. The molecule has 0 bridgehead atoms. The monoisotopic (exact) mass is 300 g/mol. The molecule has 0 aromatic heterocycles. The van der Waals surface area contributed by atoms with E-state index in [1.807, 2.05) is 0 Å². The van der Waals surface area contributed by atoms with E-state index in [4.69, 9.17) is 0 Å². The van der Waals surface area contributed by atoms with Crippen molar-refractivity contribution in [3.63, 3.8) is 0 Å². The van der Waals surface area contributed by atoms with Crippen molar-refractivity contribution in [3.05, 3.63) is 12.7 Å². The van der Waals surface area contributed by atoms with Gasteiger partial charge in [-0.1, -0.05) is 13.5 Å². The van der Waals surface area contributed by atoms with Gasteiger partial charge in [0.2, 0.25) is 5.91 Å². The van der Waals surface area contributed by atoms with E-state index < -0.39 is 5.91 Å². The average molecular weight is 300 g/mol. The zero-order valence-corrected chi connectivity index (χ0v) is 11.2. The molecule has 0 unspecified atom stereocenters. The maximum atomic E-state index is 9.47. The Kier molecular flexibility index (Phi) is 14.3. The number of amides is 1. The number of nitrogens with two attached hydrogens (primary N) is 1. The highest BCUT2D eigenvalue weighted by Crippen LogP contribution is 1.90. The van der Waals surface area contributed by atoms with E-state index in [0.29, 0.717) is 0 Å². The quantitative estimate of drug-likeness (QED) is 0.358. The van der Waals surface area contributed by atoms with Gasteiger partial charge >= 0.3 is 0 Å². The van der Waals surface area contributed by atoms with E-state index >= 15 is 0 Å². The molecule has 0 aromatic carbocycles. The van der Waals surface area contributed by atoms with Gasteiger partial charge in [-0.25, -0.2) is 0 Å². The van der Waals surface area contributed by atoms with Gasteiger partial charge in [0, 0.05) is 0 Å². The average Bonchev–Trinajstić information content (AvgIpc) is 1.86. The Hall–Kier alpha value is -0.100. The highest BCUT2D eigenvalue weighted by Gasteiger charge is 2.01. The second-order valence-electron chi connectivity index (χ2n) is 3.62. The fraction of sp³-hybridized carbons (Fsp3) is 0.667. The van der Waals surface area contributed by atoms with Crippen molar-refractivity contribution in [1.82, 2.24) is 0 Å². The number of rotatable bonds is 3. The first-order valence-corrected chi connectivity index (χ1v) is 4.05. The summed E-state index contributed by atoms with van der Waals surface area (Å²) >= 11 is 0. The van der Waals surface area contributed by atoms with Crippen molar-refractivity contribution in [2.45, 2.75) is 13.3 Å². The molecule has 1 amide bonds. The number of hydrogen-bond donors (Lipinski definition) is 1. The lowest BCUT2D eigenvalue weighted by Gasteiger charge is -2.22. The van der Waals surface area contributed by atoms with Gasteiger partial charge in [-0.2, -0.15) is 0 Å². The van der Waals surface area contributed by atoms with E-state index in [9.17, 15) is 4.79 Å². The van der Waals surface area contributed by atoms with Gasteiger partial charge in [0.05, 0.1) is 27.7 Å². The lowest BCUT2D eigenvalue weighted by molar-refractivity contribution is -0.870. The minimum Gasteiger partial charge on any atom is -1.00 e. The molecule has 0 radical (unpaired) electrons. The second-order valence-corrected chi connectivity index (χ2v) is 3.62. The molecule has 13 heavy (non-hydrogen) atoms.